The van der Waals surface area contributed by atoms with Crippen molar-refractivity contribution in [1.29, 1.82) is 0 Å². The number of carbonyl (C=O) groups is 2. The molecule has 14 nitrogen and oxygen atoms in total. The number of hydrogen-bond acceptors (Lipinski definition) is 10. The number of nitrogens with one attached hydrogen (secondary N) is 3. The van der Waals surface area contributed by atoms with Crippen LogP contribution in [0.15, 0.2) is 35.3 Å². The molecule has 0 spiro atoms. The van der Waals surface area contributed by atoms with Crippen LogP contribution in [0.1, 0.15) is 64.6 Å². The molecule has 1 aromatic carbocycles. The van der Waals surface area contributed by atoms with Crippen molar-refractivity contribution >= 4 is 40.4 Å². The minimum absolute atomic E-state index is 0.0163. The van der Waals surface area contributed by atoms with Crippen LogP contribution in [-0.2, 0) is 20.8 Å². The molecule has 1 saturated heterocycles. The lowest BCUT2D eigenvalue weighted by Crippen LogP contribution is -2.28. The first-order chi connectivity index (χ1) is 21.8. The number of anilines is 1. The maximum atomic E-state index is 12.9. The number of alkyl halides is 1. The number of fused-ring (bicyclic) bond motifs is 1. The predicted octanol–water partition coefficient (Wildman–Crippen LogP) is 1.44. The number of aromatic amines is 1. The SMILES string of the molecule is Nc1nc2c(c(CNC(=O)c3ccc(C(=O)NCCOCCOCCCCCCCl)cc3)cn2[C@H]2CC(O)C(CO)O2)c(=O)[nH]1. The molecule has 0 saturated carbocycles. The number of aliphatic hydroxyl groups is 2. The molecule has 2 amide bonds. The van der Waals surface area contributed by atoms with Gasteiger partial charge in [0.05, 0.1) is 37.9 Å². The van der Waals surface area contributed by atoms with Crippen LogP contribution in [0.5, 0.6) is 0 Å². The molecule has 0 radical (unpaired) electrons. The average molecular weight is 649 g/mol. The number of rotatable bonds is 18. The quantitative estimate of drug-likeness (QED) is 0.0865. The molecule has 1 aliphatic rings. The number of aromatic nitrogens is 3. The predicted molar refractivity (Wildman–Crippen MR) is 167 cm³/mol. The summed E-state index contributed by atoms with van der Waals surface area (Å²) in [7, 11) is 0. The molecule has 0 aliphatic carbocycles. The smallest absolute Gasteiger partial charge is 0.262 e. The van der Waals surface area contributed by atoms with E-state index in [1.807, 2.05) is 0 Å². The highest BCUT2D eigenvalue weighted by Crippen LogP contribution is 2.32. The Bertz CT molecular complexity index is 1460. The second-order valence-electron chi connectivity index (χ2n) is 10.7. The van der Waals surface area contributed by atoms with E-state index in [1.165, 1.54) is 12.1 Å². The van der Waals surface area contributed by atoms with Crippen LogP contribution in [0.3, 0.4) is 0 Å². The summed E-state index contributed by atoms with van der Waals surface area (Å²) in [5, 5.41) is 25.4. The molecule has 0 bridgehead atoms. The van der Waals surface area contributed by atoms with Crippen LogP contribution in [0, 0.1) is 0 Å². The fraction of sp³-hybridized carbons (Fsp3) is 0.533. The molecule has 1 fully saturated rings. The number of ether oxygens (including phenoxy) is 3. The van der Waals surface area contributed by atoms with Crippen molar-refractivity contribution in [3.05, 3.63) is 57.5 Å². The molecule has 246 valence electrons. The third kappa shape index (κ3) is 9.48. The third-order valence-electron chi connectivity index (χ3n) is 7.40. The summed E-state index contributed by atoms with van der Waals surface area (Å²) in [6, 6.07) is 6.18. The van der Waals surface area contributed by atoms with Gasteiger partial charge in [0, 0.05) is 54.9 Å². The molecule has 3 aromatic rings. The number of unbranched alkanes of at least 4 members (excludes halogenated alkanes) is 3. The number of carbonyl (C=O) groups excluding carboxylic acids is 2. The molecule has 3 heterocycles. The third-order valence-corrected chi connectivity index (χ3v) is 7.67. The Labute approximate surface area is 265 Å². The van der Waals surface area contributed by atoms with E-state index in [1.54, 1.807) is 22.9 Å². The van der Waals surface area contributed by atoms with Crippen LogP contribution in [0.2, 0.25) is 0 Å². The fourth-order valence-corrected chi connectivity index (χ4v) is 5.20. The van der Waals surface area contributed by atoms with Crippen LogP contribution in [0.4, 0.5) is 5.95 Å². The first-order valence-electron chi connectivity index (χ1n) is 15.0. The summed E-state index contributed by atoms with van der Waals surface area (Å²) in [6.45, 7) is 1.95. The van der Waals surface area contributed by atoms with Crippen molar-refractivity contribution in [2.24, 2.45) is 0 Å². The van der Waals surface area contributed by atoms with E-state index in [4.69, 9.17) is 31.5 Å². The van der Waals surface area contributed by atoms with Crippen LogP contribution < -0.4 is 21.9 Å². The van der Waals surface area contributed by atoms with Gasteiger partial charge in [-0.1, -0.05) is 12.8 Å². The highest BCUT2D eigenvalue weighted by atomic mass is 35.5. The normalized spacial score (nSPS) is 18.0. The largest absolute Gasteiger partial charge is 0.394 e. The van der Waals surface area contributed by atoms with Crippen LogP contribution >= 0.6 is 11.6 Å². The van der Waals surface area contributed by atoms with E-state index in [-0.39, 0.29) is 42.5 Å². The number of nitrogen functional groups attached to an aromatic ring is 1. The van der Waals surface area contributed by atoms with Gasteiger partial charge >= 0.3 is 0 Å². The summed E-state index contributed by atoms with van der Waals surface area (Å²) in [4.78, 5) is 44.8. The van der Waals surface area contributed by atoms with Gasteiger partial charge < -0.3 is 45.4 Å². The number of nitrogens with two attached hydrogens (primary N) is 1. The Kier molecular flexibility index (Phi) is 13.2. The van der Waals surface area contributed by atoms with Gasteiger partial charge in [0.1, 0.15) is 12.3 Å². The Morgan fingerprint density at radius 3 is 2.38 bits per heavy atom. The highest BCUT2D eigenvalue weighted by Gasteiger charge is 2.35. The minimum Gasteiger partial charge on any atom is -0.394 e. The summed E-state index contributed by atoms with van der Waals surface area (Å²) < 4.78 is 18.3. The lowest BCUT2D eigenvalue weighted by molar-refractivity contribution is -0.0430. The second-order valence-corrected chi connectivity index (χ2v) is 11.0. The monoisotopic (exact) mass is 648 g/mol. The summed E-state index contributed by atoms with van der Waals surface area (Å²) in [5.41, 5.74) is 6.68. The number of nitrogens with zero attached hydrogens (tertiary/aromatic N) is 2. The Morgan fingerprint density at radius 1 is 1.04 bits per heavy atom. The lowest BCUT2D eigenvalue weighted by Gasteiger charge is -2.14. The molecule has 45 heavy (non-hydrogen) atoms. The molecule has 15 heteroatoms. The number of aliphatic hydroxyl groups excluding tert-OH is 2. The maximum absolute atomic E-state index is 12.9. The molecule has 1 aliphatic heterocycles. The Balaban J connectivity index is 1.24. The van der Waals surface area contributed by atoms with E-state index in [0.717, 1.165) is 25.7 Å². The molecule has 3 atom stereocenters. The molecule has 4 rings (SSSR count). The van der Waals surface area contributed by atoms with Crippen LogP contribution in [-0.4, -0.2) is 94.2 Å². The molecule has 2 aromatic heterocycles. The van der Waals surface area contributed by atoms with Gasteiger partial charge in [-0.15, -0.1) is 11.6 Å². The van der Waals surface area contributed by atoms with Crippen LogP contribution in [0.25, 0.3) is 11.0 Å². The van der Waals surface area contributed by atoms with E-state index in [0.29, 0.717) is 55.5 Å². The number of H-pyrrole nitrogens is 1. The van der Waals surface area contributed by atoms with E-state index in [2.05, 4.69) is 20.6 Å². The van der Waals surface area contributed by atoms with Crippen molar-refractivity contribution in [1.82, 2.24) is 25.2 Å². The summed E-state index contributed by atoms with van der Waals surface area (Å²) in [6.07, 6.45) is 3.68. The zero-order chi connectivity index (χ0) is 32.2. The fourth-order valence-electron chi connectivity index (χ4n) is 5.02. The van der Waals surface area contributed by atoms with Gasteiger partial charge in [0.25, 0.3) is 17.4 Å². The standard InChI is InChI=1S/C30H41ClN6O8/c31-9-3-1-2-4-11-43-13-14-44-12-10-33-27(40)19-5-7-20(8-6-19)28(41)34-16-21-17-37(24-15-22(39)23(18-38)45-24)26-25(21)29(42)36-30(32)35-26/h5-8,17,22-24,38-39H,1-4,9-16,18H2,(H,33,40)(H,34,41)(H3,32,35,36,42)/t22?,23?,24-/m1/s1. The number of amides is 2. The van der Waals surface area contributed by atoms with E-state index >= 15 is 0 Å². The lowest BCUT2D eigenvalue weighted by atomic mass is 10.1. The van der Waals surface area contributed by atoms with Gasteiger partial charge in [0.15, 0.2) is 5.65 Å². The van der Waals surface area contributed by atoms with E-state index in [9.17, 15) is 24.6 Å². The minimum atomic E-state index is -0.893. The zero-order valence-electron chi connectivity index (χ0n) is 25.0. The zero-order valence-corrected chi connectivity index (χ0v) is 25.8. The summed E-state index contributed by atoms with van der Waals surface area (Å²) in [5.74, 6) is -0.105. The Hall–Kier alpha value is -3.53. The van der Waals surface area contributed by atoms with Crippen molar-refractivity contribution < 1.29 is 34.0 Å². The molecular formula is C30H41ClN6O8. The van der Waals surface area contributed by atoms with Crippen molar-refractivity contribution in [3.8, 4) is 0 Å². The second kappa shape index (κ2) is 17.2. The van der Waals surface area contributed by atoms with Crippen molar-refractivity contribution in [3.63, 3.8) is 0 Å². The highest BCUT2D eigenvalue weighted by molar-refractivity contribution is 6.17. The van der Waals surface area contributed by atoms with Gasteiger partial charge in [0.2, 0.25) is 5.95 Å². The first-order valence-corrected chi connectivity index (χ1v) is 15.6. The number of benzene rings is 1. The van der Waals surface area contributed by atoms with E-state index < -0.39 is 29.9 Å². The van der Waals surface area contributed by atoms with Crippen molar-refractivity contribution in [2.75, 3.05) is 51.2 Å². The van der Waals surface area contributed by atoms with Gasteiger partial charge in [-0.2, -0.15) is 4.98 Å². The molecule has 7 N–H and O–H groups in total. The molecule has 2 unspecified atom stereocenters. The maximum Gasteiger partial charge on any atom is 0.262 e. The average Bonchev–Trinajstić information content (AvgIpc) is 3.60. The topological polar surface area (TPSA) is 203 Å². The van der Waals surface area contributed by atoms with Gasteiger partial charge in [-0.25, -0.2) is 0 Å². The van der Waals surface area contributed by atoms with Gasteiger partial charge in [-0.3, -0.25) is 19.4 Å². The molecular weight excluding hydrogens is 608 g/mol. The first kappa shape index (κ1) is 34.3. The van der Waals surface area contributed by atoms with Crippen molar-refractivity contribution in [2.45, 2.75) is 57.1 Å². The number of halogens is 1. The van der Waals surface area contributed by atoms with Gasteiger partial charge in [-0.05, 0) is 37.1 Å². The summed E-state index contributed by atoms with van der Waals surface area (Å²) >= 11 is 5.66. The number of hydrogen-bond donors (Lipinski definition) is 6. The Morgan fingerprint density at radius 2 is 1.71 bits per heavy atom.